The van der Waals surface area contributed by atoms with E-state index >= 15 is 0 Å². The van der Waals surface area contributed by atoms with Crippen LogP contribution in [0.3, 0.4) is 0 Å². The summed E-state index contributed by atoms with van der Waals surface area (Å²) < 4.78 is 5.49. The number of hydrogen-bond donors (Lipinski definition) is 1. The fraction of sp³-hybridized carbons (Fsp3) is 1.00. The molecule has 0 saturated heterocycles. The molecular formula is C10H22O2. The van der Waals surface area contributed by atoms with Crippen LogP contribution in [-0.2, 0) is 4.74 Å². The van der Waals surface area contributed by atoms with Gasteiger partial charge in [0.1, 0.15) is 0 Å². The van der Waals surface area contributed by atoms with Crippen LogP contribution in [0, 0.1) is 0 Å². The highest BCUT2D eigenvalue weighted by Crippen LogP contribution is 2.03. The Kier molecular flexibility index (Phi) is 7.51. The van der Waals surface area contributed by atoms with E-state index in [1.54, 1.807) is 6.92 Å². The fourth-order valence-corrected chi connectivity index (χ4v) is 1.18. The van der Waals surface area contributed by atoms with Crippen molar-refractivity contribution in [2.75, 3.05) is 6.61 Å². The maximum absolute atomic E-state index is 9.05. The second-order valence-electron chi connectivity index (χ2n) is 3.47. The molecule has 0 aromatic rings. The third-order valence-corrected chi connectivity index (χ3v) is 1.82. The summed E-state index contributed by atoms with van der Waals surface area (Å²) >= 11 is 0. The number of ether oxygens (including phenoxy) is 1. The van der Waals surface area contributed by atoms with Gasteiger partial charge in [0.05, 0.1) is 12.2 Å². The zero-order valence-corrected chi connectivity index (χ0v) is 8.55. The van der Waals surface area contributed by atoms with Gasteiger partial charge in [-0.1, -0.05) is 19.8 Å². The Morgan fingerprint density at radius 1 is 1.25 bits per heavy atom. The van der Waals surface area contributed by atoms with Gasteiger partial charge in [0, 0.05) is 6.61 Å². The summed E-state index contributed by atoms with van der Waals surface area (Å²) in [6.07, 6.45) is 4.30. The first-order chi connectivity index (χ1) is 5.66. The van der Waals surface area contributed by atoms with Crippen LogP contribution in [0.15, 0.2) is 0 Å². The van der Waals surface area contributed by atoms with Gasteiger partial charge in [0.2, 0.25) is 0 Å². The molecule has 0 aliphatic heterocycles. The van der Waals surface area contributed by atoms with Gasteiger partial charge in [-0.2, -0.15) is 0 Å². The number of hydrogen-bond acceptors (Lipinski definition) is 2. The van der Waals surface area contributed by atoms with Crippen LogP contribution >= 0.6 is 0 Å². The van der Waals surface area contributed by atoms with E-state index in [0.29, 0.717) is 0 Å². The van der Waals surface area contributed by atoms with Crippen molar-refractivity contribution < 1.29 is 9.84 Å². The minimum atomic E-state index is -0.244. The summed E-state index contributed by atoms with van der Waals surface area (Å²) in [5.74, 6) is 0. The summed E-state index contributed by atoms with van der Waals surface area (Å²) in [7, 11) is 0. The average molecular weight is 174 g/mol. The van der Waals surface area contributed by atoms with E-state index in [4.69, 9.17) is 9.84 Å². The highest BCUT2D eigenvalue weighted by molar-refractivity contribution is 4.55. The molecule has 0 aromatic heterocycles. The molecule has 0 radical (unpaired) electrons. The Bertz CT molecular complexity index is 91.8. The van der Waals surface area contributed by atoms with Crippen LogP contribution in [0.5, 0.6) is 0 Å². The van der Waals surface area contributed by atoms with Crippen LogP contribution < -0.4 is 0 Å². The topological polar surface area (TPSA) is 29.5 Å². The monoisotopic (exact) mass is 174 g/mol. The number of aliphatic hydroxyl groups is 1. The normalized spacial score (nSPS) is 16.0. The van der Waals surface area contributed by atoms with Crippen LogP contribution in [0.4, 0.5) is 0 Å². The molecule has 0 aromatic carbocycles. The Morgan fingerprint density at radius 3 is 2.42 bits per heavy atom. The standard InChI is InChI=1S/C10H22O2/c1-4-5-6-7-12-10(3)8-9(2)11/h9-11H,4-8H2,1-3H3/t9-,10-/m1/s1. The Balaban J connectivity index is 3.14. The quantitative estimate of drug-likeness (QED) is 0.600. The molecule has 2 heteroatoms. The molecule has 0 amide bonds. The van der Waals surface area contributed by atoms with Crippen molar-refractivity contribution in [3.05, 3.63) is 0 Å². The number of unbranched alkanes of at least 4 members (excludes halogenated alkanes) is 2. The van der Waals surface area contributed by atoms with Gasteiger partial charge in [-0.05, 0) is 26.7 Å². The second kappa shape index (κ2) is 7.56. The van der Waals surface area contributed by atoms with Crippen molar-refractivity contribution >= 4 is 0 Å². The van der Waals surface area contributed by atoms with Crippen molar-refractivity contribution in [1.29, 1.82) is 0 Å². The maximum atomic E-state index is 9.05. The first-order valence-corrected chi connectivity index (χ1v) is 4.96. The van der Waals surface area contributed by atoms with Crippen molar-refractivity contribution in [1.82, 2.24) is 0 Å². The Hall–Kier alpha value is -0.0800. The molecule has 0 fully saturated rings. The molecule has 0 aliphatic carbocycles. The van der Waals surface area contributed by atoms with E-state index in [1.807, 2.05) is 6.92 Å². The number of aliphatic hydroxyl groups excluding tert-OH is 1. The van der Waals surface area contributed by atoms with Gasteiger partial charge >= 0.3 is 0 Å². The third kappa shape index (κ3) is 8.02. The first kappa shape index (κ1) is 11.9. The van der Waals surface area contributed by atoms with Gasteiger partial charge in [-0.15, -0.1) is 0 Å². The lowest BCUT2D eigenvalue weighted by Gasteiger charge is -2.14. The van der Waals surface area contributed by atoms with Crippen LogP contribution in [0.25, 0.3) is 0 Å². The predicted molar refractivity (Wildman–Crippen MR) is 51.2 cm³/mol. The molecule has 0 bridgehead atoms. The molecule has 12 heavy (non-hydrogen) atoms. The van der Waals surface area contributed by atoms with Gasteiger partial charge in [-0.3, -0.25) is 0 Å². The Morgan fingerprint density at radius 2 is 1.92 bits per heavy atom. The van der Waals surface area contributed by atoms with Crippen LogP contribution in [-0.4, -0.2) is 23.9 Å². The minimum Gasteiger partial charge on any atom is -0.393 e. The molecule has 0 aliphatic rings. The lowest BCUT2D eigenvalue weighted by atomic mass is 10.2. The van der Waals surface area contributed by atoms with E-state index < -0.39 is 0 Å². The zero-order chi connectivity index (χ0) is 9.40. The van der Waals surface area contributed by atoms with Crippen molar-refractivity contribution in [3.63, 3.8) is 0 Å². The predicted octanol–water partition coefficient (Wildman–Crippen LogP) is 2.35. The molecule has 0 rings (SSSR count). The highest BCUT2D eigenvalue weighted by Gasteiger charge is 2.05. The van der Waals surface area contributed by atoms with Crippen molar-refractivity contribution in [2.45, 2.75) is 58.7 Å². The Labute approximate surface area is 75.9 Å². The van der Waals surface area contributed by atoms with E-state index in [9.17, 15) is 0 Å². The molecule has 0 heterocycles. The van der Waals surface area contributed by atoms with E-state index in [1.165, 1.54) is 12.8 Å². The molecule has 0 unspecified atom stereocenters. The first-order valence-electron chi connectivity index (χ1n) is 4.96. The summed E-state index contributed by atoms with van der Waals surface area (Å²) in [4.78, 5) is 0. The van der Waals surface area contributed by atoms with E-state index in [2.05, 4.69) is 6.92 Å². The molecule has 2 atom stereocenters. The van der Waals surface area contributed by atoms with Gasteiger partial charge in [-0.25, -0.2) is 0 Å². The largest absolute Gasteiger partial charge is 0.393 e. The van der Waals surface area contributed by atoms with Gasteiger partial charge in [0.25, 0.3) is 0 Å². The van der Waals surface area contributed by atoms with E-state index in [-0.39, 0.29) is 12.2 Å². The van der Waals surface area contributed by atoms with Crippen molar-refractivity contribution in [3.8, 4) is 0 Å². The third-order valence-electron chi connectivity index (χ3n) is 1.82. The summed E-state index contributed by atoms with van der Waals surface area (Å²) in [6, 6.07) is 0. The van der Waals surface area contributed by atoms with Gasteiger partial charge < -0.3 is 9.84 Å². The summed E-state index contributed by atoms with van der Waals surface area (Å²) in [6.45, 7) is 6.82. The average Bonchev–Trinajstić information content (AvgIpc) is 1.97. The fourth-order valence-electron chi connectivity index (χ4n) is 1.18. The molecule has 1 N–H and O–H groups in total. The lowest BCUT2D eigenvalue weighted by Crippen LogP contribution is -2.15. The van der Waals surface area contributed by atoms with Crippen molar-refractivity contribution in [2.24, 2.45) is 0 Å². The summed E-state index contributed by atoms with van der Waals surface area (Å²) in [5, 5.41) is 9.05. The molecule has 2 nitrogen and oxygen atoms in total. The SMILES string of the molecule is CCCCCO[C@H](C)C[C@@H](C)O. The van der Waals surface area contributed by atoms with Crippen LogP contribution in [0.1, 0.15) is 46.5 Å². The van der Waals surface area contributed by atoms with Crippen LogP contribution in [0.2, 0.25) is 0 Å². The molecule has 0 spiro atoms. The lowest BCUT2D eigenvalue weighted by molar-refractivity contribution is 0.0275. The highest BCUT2D eigenvalue weighted by atomic mass is 16.5. The molecule has 74 valence electrons. The minimum absolute atomic E-state index is 0.196. The zero-order valence-electron chi connectivity index (χ0n) is 8.55. The van der Waals surface area contributed by atoms with E-state index in [0.717, 1.165) is 19.4 Å². The summed E-state index contributed by atoms with van der Waals surface area (Å²) in [5.41, 5.74) is 0. The number of rotatable bonds is 7. The van der Waals surface area contributed by atoms with Gasteiger partial charge in [0.15, 0.2) is 0 Å². The second-order valence-corrected chi connectivity index (χ2v) is 3.47. The molecular weight excluding hydrogens is 152 g/mol. The smallest absolute Gasteiger partial charge is 0.0571 e. The molecule has 0 saturated carbocycles. The maximum Gasteiger partial charge on any atom is 0.0571 e.